The quantitative estimate of drug-likeness (QED) is 0.773. The maximum absolute atomic E-state index is 10.3. The third kappa shape index (κ3) is 3.05. The first-order valence-electron chi connectivity index (χ1n) is 5.12. The van der Waals surface area contributed by atoms with Crippen LogP contribution in [-0.4, -0.2) is 10.1 Å². The molecule has 1 N–H and O–H groups in total. The van der Waals surface area contributed by atoms with E-state index in [0.29, 0.717) is 0 Å². The monoisotopic (exact) mass is 403 g/mol. The van der Waals surface area contributed by atoms with Gasteiger partial charge >= 0.3 is 0 Å². The molecule has 1 aromatic carbocycles. The Balaban J connectivity index is 2.43. The highest BCUT2D eigenvalue weighted by Crippen LogP contribution is 2.29. The Bertz CT molecular complexity index is 545. The molecule has 1 aromatic heterocycles. The summed E-state index contributed by atoms with van der Waals surface area (Å²) in [6, 6.07) is 7.86. The van der Waals surface area contributed by atoms with E-state index in [-0.39, 0.29) is 0 Å². The molecule has 0 radical (unpaired) electrons. The molecule has 0 amide bonds. The van der Waals surface area contributed by atoms with Crippen molar-refractivity contribution in [2.24, 2.45) is 0 Å². The largest absolute Gasteiger partial charge is 0.384 e. The second kappa shape index (κ2) is 5.46. The Morgan fingerprint density at radius 1 is 1.29 bits per heavy atom. The standard InChI is InChI=1S/C13H11BrINO/c1-8-4-9(7-16-6-8)13(17)11-5-10(15)2-3-12(11)14/h2-7,13,17H,1H3. The van der Waals surface area contributed by atoms with Crippen molar-refractivity contribution in [1.29, 1.82) is 0 Å². The molecule has 0 saturated carbocycles. The SMILES string of the molecule is Cc1cncc(C(O)c2cc(I)ccc2Br)c1. The van der Waals surface area contributed by atoms with Crippen molar-refractivity contribution in [3.05, 3.63) is 61.4 Å². The number of pyridine rings is 1. The average Bonchev–Trinajstić information content (AvgIpc) is 2.31. The second-order valence-corrected chi connectivity index (χ2v) is 5.96. The average molecular weight is 404 g/mol. The molecule has 4 heteroatoms. The molecule has 1 atom stereocenters. The van der Waals surface area contributed by atoms with Crippen molar-refractivity contribution in [1.82, 2.24) is 4.98 Å². The predicted octanol–water partition coefficient (Wildman–Crippen LogP) is 3.84. The molecular weight excluding hydrogens is 393 g/mol. The fourth-order valence-corrected chi connectivity index (χ4v) is 2.61. The van der Waals surface area contributed by atoms with Crippen LogP contribution in [0.15, 0.2) is 41.1 Å². The lowest BCUT2D eigenvalue weighted by atomic mass is 10.0. The lowest BCUT2D eigenvalue weighted by Gasteiger charge is -2.13. The molecule has 0 spiro atoms. The minimum absolute atomic E-state index is 0.647. The zero-order valence-electron chi connectivity index (χ0n) is 9.19. The zero-order valence-corrected chi connectivity index (χ0v) is 12.9. The Morgan fingerprint density at radius 2 is 2.06 bits per heavy atom. The third-order valence-electron chi connectivity index (χ3n) is 2.46. The van der Waals surface area contributed by atoms with Crippen LogP contribution in [0.25, 0.3) is 0 Å². The summed E-state index contributed by atoms with van der Waals surface area (Å²) >= 11 is 5.70. The predicted molar refractivity (Wildman–Crippen MR) is 79.9 cm³/mol. The van der Waals surface area contributed by atoms with Gasteiger partial charge in [0.1, 0.15) is 6.10 Å². The van der Waals surface area contributed by atoms with Gasteiger partial charge in [-0.1, -0.05) is 22.0 Å². The summed E-state index contributed by atoms with van der Waals surface area (Å²) < 4.78 is 2.01. The molecule has 0 fully saturated rings. The molecule has 17 heavy (non-hydrogen) atoms. The Kier molecular flexibility index (Phi) is 4.17. The van der Waals surface area contributed by atoms with E-state index in [0.717, 1.165) is 24.7 Å². The van der Waals surface area contributed by atoms with Crippen LogP contribution in [-0.2, 0) is 0 Å². The van der Waals surface area contributed by atoms with Crippen LogP contribution in [0.1, 0.15) is 22.8 Å². The maximum Gasteiger partial charge on any atom is 0.107 e. The number of rotatable bonds is 2. The molecule has 0 aliphatic heterocycles. The van der Waals surface area contributed by atoms with Gasteiger partial charge in [0.05, 0.1) is 0 Å². The molecule has 2 aromatic rings. The third-order valence-corrected chi connectivity index (χ3v) is 3.86. The van der Waals surface area contributed by atoms with Crippen molar-refractivity contribution >= 4 is 38.5 Å². The Hall–Kier alpha value is -0.460. The van der Waals surface area contributed by atoms with Gasteiger partial charge in [-0.3, -0.25) is 4.98 Å². The summed E-state index contributed by atoms with van der Waals surface area (Å²) in [5.74, 6) is 0. The normalized spacial score (nSPS) is 12.5. The lowest BCUT2D eigenvalue weighted by molar-refractivity contribution is 0.219. The highest BCUT2D eigenvalue weighted by atomic mass is 127. The number of aryl methyl sites for hydroxylation is 1. The lowest BCUT2D eigenvalue weighted by Crippen LogP contribution is -2.02. The van der Waals surface area contributed by atoms with Crippen molar-refractivity contribution in [3.63, 3.8) is 0 Å². The summed E-state index contributed by atoms with van der Waals surface area (Å²) in [7, 11) is 0. The molecule has 2 rings (SSSR count). The topological polar surface area (TPSA) is 33.1 Å². The number of aliphatic hydroxyl groups is 1. The number of halogens is 2. The van der Waals surface area contributed by atoms with Crippen LogP contribution in [0, 0.1) is 10.5 Å². The summed E-state index contributed by atoms with van der Waals surface area (Å²) in [5, 5.41) is 10.3. The van der Waals surface area contributed by atoms with E-state index in [2.05, 4.69) is 43.5 Å². The number of aromatic nitrogens is 1. The van der Waals surface area contributed by atoms with Gasteiger partial charge in [-0.25, -0.2) is 0 Å². The minimum atomic E-state index is -0.647. The number of nitrogens with zero attached hydrogens (tertiary/aromatic N) is 1. The van der Waals surface area contributed by atoms with Crippen LogP contribution in [0.4, 0.5) is 0 Å². The molecule has 0 bridgehead atoms. The van der Waals surface area contributed by atoms with Gasteiger partial charge in [0.15, 0.2) is 0 Å². The van der Waals surface area contributed by atoms with Crippen LogP contribution < -0.4 is 0 Å². The van der Waals surface area contributed by atoms with Gasteiger partial charge in [0, 0.05) is 31.6 Å². The highest BCUT2D eigenvalue weighted by molar-refractivity contribution is 14.1. The van der Waals surface area contributed by atoms with Gasteiger partial charge in [0.2, 0.25) is 0 Å². The fraction of sp³-hybridized carbons (Fsp3) is 0.154. The molecule has 1 unspecified atom stereocenters. The summed E-state index contributed by atoms with van der Waals surface area (Å²) in [6.07, 6.45) is 2.83. The first-order valence-corrected chi connectivity index (χ1v) is 6.99. The second-order valence-electron chi connectivity index (χ2n) is 3.86. The van der Waals surface area contributed by atoms with E-state index in [1.54, 1.807) is 12.4 Å². The van der Waals surface area contributed by atoms with Crippen LogP contribution in [0.2, 0.25) is 0 Å². The fourth-order valence-electron chi connectivity index (χ4n) is 1.63. The first kappa shape index (κ1) is 13.0. The van der Waals surface area contributed by atoms with Crippen LogP contribution in [0.5, 0.6) is 0 Å². The van der Waals surface area contributed by atoms with Gasteiger partial charge in [0.25, 0.3) is 0 Å². The molecule has 0 saturated heterocycles. The molecular formula is C13H11BrINO. The van der Waals surface area contributed by atoms with Gasteiger partial charge in [-0.2, -0.15) is 0 Å². The van der Waals surface area contributed by atoms with Crippen molar-refractivity contribution in [3.8, 4) is 0 Å². The Labute approximate surface area is 122 Å². The minimum Gasteiger partial charge on any atom is -0.384 e. The molecule has 0 aliphatic carbocycles. The van der Waals surface area contributed by atoms with Crippen molar-refractivity contribution in [2.75, 3.05) is 0 Å². The highest BCUT2D eigenvalue weighted by Gasteiger charge is 2.14. The number of hydrogen-bond donors (Lipinski definition) is 1. The summed E-state index contributed by atoms with van der Waals surface area (Å²) in [5.41, 5.74) is 2.72. The van der Waals surface area contributed by atoms with E-state index >= 15 is 0 Å². The molecule has 88 valence electrons. The summed E-state index contributed by atoms with van der Waals surface area (Å²) in [4.78, 5) is 4.11. The first-order chi connectivity index (χ1) is 8.08. The van der Waals surface area contributed by atoms with Gasteiger partial charge in [-0.15, -0.1) is 0 Å². The number of aliphatic hydroxyl groups excluding tert-OH is 1. The molecule has 1 heterocycles. The van der Waals surface area contributed by atoms with Crippen LogP contribution >= 0.6 is 38.5 Å². The van der Waals surface area contributed by atoms with E-state index in [9.17, 15) is 5.11 Å². The molecule has 2 nitrogen and oxygen atoms in total. The molecule has 0 aliphatic rings. The van der Waals surface area contributed by atoms with E-state index < -0.39 is 6.10 Å². The van der Waals surface area contributed by atoms with Gasteiger partial charge in [-0.05, 0) is 53.3 Å². The van der Waals surface area contributed by atoms with Crippen molar-refractivity contribution in [2.45, 2.75) is 13.0 Å². The van der Waals surface area contributed by atoms with E-state index in [1.807, 2.05) is 31.2 Å². The van der Waals surface area contributed by atoms with Gasteiger partial charge < -0.3 is 5.11 Å². The zero-order chi connectivity index (χ0) is 12.4. The van der Waals surface area contributed by atoms with E-state index in [1.165, 1.54) is 0 Å². The number of benzene rings is 1. The van der Waals surface area contributed by atoms with Crippen LogP contribution in [0.3, 0.4) is 0 Å². The smallest absolute Gasteiger partial charge is 0.107 e. The van der Waals surface area contributed by atoms with Crippen molar-refractivity contribution < 1.29 is 5.11 Å². The maximum atomic E-state index is 10.3. The summed E-state index contributed by atoms with van der Waals surface area (Å²) in [6.45, 7) is 1.97. The van der Waals surface area contributed by atoms with E-state index in [4.69, 9.17) is 0 Å². The number of hydrogen-bond acceptors (Lipinski definition) is 2. The Morgan fingerprint density at radius 3 is 2.76 bits per heavy atom.